The number of hydrogen-bond acceptors (Lipinski definition) is 2. The van der Waals surface area contributed by atoms with Crippen molar-refractivity contribution in [3.05, 3.63) is 93.7 Å². The van der Waals surface area contributed by atoms with Crippen LogP contribution in [0.15, 0.2) is 65.9 Å². The number of hydrogen-bond donors (Lipinski definition) is 1. The summed E-state index contributed by atoms with van der Waals surface area (Å²) in [5.41, 5.74) is 8.90. The van der Waals surface area contributed by atoms with Gasteiger partial charge in [-0.2, -0.15) is 5.26 Å². The molecule has 0 bridgehead atoms. The molecule has 1 atom stereocenters. The molecule has 0 aliphatic heterocycles. The third-order valence-corrected chi connectivity index (χ3v) is 6.94. The Hall–Kier alpha value is -3.58. The molecule has 1 aromatic heterocycles. The number of allylic oxidation sites excluding steroid dienone is 4. The predicted octanol–water partition coefficient (Wildman–Crippen LogP) is 10.2. The first-order chi connectivity index (χ1) is 19.5. The summed E-state index contributed by atoms with van der Waals surface area (Å²) in [6.45, 7) is 23.5. The first-order valence-electron chi connectivity index (χ1n) is 15.2. The Labute approximate surface area is 250 Å². The molecule has 0 spiro atoms. The molecule has 0 radical (unpaired) electrons. The van der Waals surface area contributed by atoms with Gasteiger partial charge < -0.3 is 9.88 Å². The smallest absolute Gasteiger partial charge is 0.253 e. The van der Waals surface area contributed by atoms with Crippen molar-refractivity contribution in [1.29, 1.82) is 5.26 Å². The number of carbonyl (C=O) groups is 1. The third kappa shape index (κ3) is 10.7. The lowest BCUT2D eigenvalue weighted by Gasteiger charge is -2.22. The fraction of sp³-hybridized carbons (Fsp3) is 0.459. The summed E-state index contributed by atoms with van der Waals surface area (Å²) >= 11 is 0. The fourth-order valence-corrected chi connectivity index (χ4v) is 4.83. The van der Waals surface area contributed by atoms with Crippen LogP contribution in [0.5, 0.6) is 0 Å². The molecule has 0 aliphatic rings. The Morgan fingerprint density at radius 1 is 1.05 bits per heavy atom. The minimum atomic E-state index is -0.00916. The van der Waals surface area contributed by atoms with Gasteiger partial charge in [0.25, 0.3) is 5.91 Å². The predicted molar refractivity (Wildman–Crippen MR) is 177 cm³/mol. The zero-order chi connectivity index (χ0) is 31.1. The van der Waals surface area contributed by atoms with E-state index in [1.54, 1.807) is 13.0 Å². The van der Waals surface area contributed by atoms with E-state index in [0.29, 0.717) is 5.92 Å². The van der Waals surface area contributed by atoms with E-state index in [9.17, 15) is 4.79 Å². The van der Waals surface area contributed by atoms with Crippen LogP contribution in [0.3, 0.4) is 0 Å². The maximum absolute atomic E-state index is 13.8. The molecular formula is C37H53N3O. The molecular weight excluding hydrogens is 502 g/mol. The molecule has 0 saturated carbocycles. The molecule has 3 rings (SSSR count). The second-order valence-electron chi connectivity index (χ2n) is 11.0. The molecule has 2 aromatic carbocycles. The van der Waals surface area contributed by atoms with Gasteiger partial charge in [0.1, 0.15) is 0 Å². The van der Waals surface area contributed by atoms with Crippen molar-refractivity contribution in [3.8, 4) is 6.07 Å². The maximum Gasteiger partial charge on any atom is 0.253 e. The Morgan fingerprint density at radius 2 is 1.68 bits per heavy atom. The summed E-state index contributed by atoms with van der Waals surface area (Å²) in [6.07, 6.45) is 8.90. The summed E-state index contributed by atoms with van der Waals surface area (Å²) < 4.78 is 2.23. The van der Waals surface area contributed by atoms with Crippen LogP contribution in [0.2, 0.25) is 0 Å². The molecule has 0 fully saturated rings. The summed E-state index contributed by atoms with van der Waals surface area (Å²) in [4.78, 5) is 13.8. The van der Waals surface area contributed by atoms with Crippen molar-refractivity contribution in [1.82, 2.24) is 9.88 Å². The topological polar surface area (TPSA) is 57.8 Å². The van der Waals surface area contributed by atoms with Crippen LogP contribution < -0.4 is 5.32 Å². The van der Waals surface area contributed by atoms with Gasteiger partial charge in [-0.1, -0.05) is 100 Å². The number of nitrogens with one attached hydrogen (secondary N) is 1. The molecule has 41 heavy (non-hydrogen) atoms. The molecule has 4 heteroatoms. The Kier molecular flexibility index (Phi) is 15.5. The zero-order valence-corrected chi connectivity index (χ0v) is 27.5. The lowest BCUT2D eigenvalue weighted by Crippen LogP contribution is -2.29. The molecule has 4 nitrogen and oxygen atoms in total. The summed E-state index contributed by atoms with van der Waals surface area (Å²) in [5.74, 6) is 0.496. The van der Waals surface area contributed by atoms with Crippen LogP contribution >= 0.6 is 0 Å². The van der Waals surface area contributed by atoms with E-state index < -0.39 is 0 Å². The number of nitriles is 1. The highest BCUT2D eigenvalue weighted by Crippen LogP contribution is 2.29. The molecule has 1 N–H and O–H groups in total. The summed E-state index contributed by atoms with van der Waals surface area (Å²) in [6, 6.07) is 15.0. The molecule has 1 heterocycles. The van der Waals surface area contributed by atoms with Gasteiger partial charge in [-0.3, -0.25) is 4.79 Å². The van der Waals surface area contributed by atoms with E-state index in [-0.39, 0.29) is 11.9 Å². The van der Waals surface area contributed by atoms with Crippen molar-refractivity contribution in [2.75, 3.05) is 0 Å². The van der Waals surface area contributed by atoms with E-state index in [1.165, 1.54) is 27.8 Å². The van der Waals surface area contributed by atoms with E-state index in [2.05, 4.69) is 107 Å². The second kappa shape index (κ2) is 18.0. The minimum absolute atomic E-state index is 0.00916. The third-order valence-electron chi connectivity index (χ3n) is 6.94. The molecule has 3 aromatic rings. The van der Waals surface area contributed by atoms with Crippen LogP contribution in [-0.4, -0.2) is 10.5 Å². The average molecular weight is 556 g/mol. The monoisotopic (exact) mass is 555 g/mol. The van der Waals surface area contributed by atoms with E-state index >= 15 is 0 Å². The average Bonchev–Trinajstić information content (AvgIpc) is 3.32. The Bertz CT molecular complexity index is 1340. The van der Waals surface area contributed by atoms with E-state index in [4.69, 9.17) is 5.26 Å². The number of rotatable bonds is 9. The van der Waals surface area contributed by atoms with Crippen LogP contribution in [-0.2, 0) is 13.0 Å². The van der Waals surface area contributed by atoms with Gasteiger partial charge in [0, 0.05) is 29.2 Å². The Morgan fingerprint density at radius 3 is 2.17 bits per heavy atom. The maximum atomic E-state index is 13.8. The lowest BCUT2D eigenvalue weighted by molar-refractivity contribution is 0.0933. The number of amides is 1. The number of fused-ring (bicyclic) bond motifs is 1. The second-order valence-corrected chi connectivity index (χ2v) is 11.0. The summed E-state index contributed by atoms with van der Waals surface area (Å²) in [7, 11) is 0. The SMILES string of the molecule is C/C=C(\C)C#N.C/C=C(\C)Cn1cc(C(=O)NC(CC(C)C)c2cc(C)cc(C)c2)c2c(CCC)cccc21.CC. The van der Waals surface area contributed by atoms with Crippen LogP contribution in [0.4, 0.5) is 0 Å². The van der Waals surface area contributed by atoms with Gasteiger partial charge in [-0.25, -0.2) is 0 Å². The number of aryl methyl sites for hydroxylation is 3. The van der Waals surface area contributed by atoms with Crippen LogP contribution in [0.1, 0.15) is 114 Å². The Balaban J connectivity index is 0.000000931. The number of carbonyl (C=O) groups excluding carboxylic acids is 1. The van der Waals surface area contributed by atoms with Crippen molar-refractivity contribution < 1.29 is 4.79 Å². The van der Waals surface area contributed by atoms with E-state index in [0.717, 1.165) is 47.8 Å². The van der Waals surface area contributed by atoms with Crippen LogP contribution in [0, 0.1) is 31.1 Å². The van der Waals surface area contributed by atoms with Gasteiger partial charge in [0.15, 0.2) is 0 Å². The molecule has 1 amide bonds. The van der Waals surface area contributed by atoms with Gasteiger partial charge >= 0.3 is 0 Å². The van der Waals surface area contributed by atoms with Gasteiger partial charge in [0.2, 0.25) is 0 Å². The highest BCUT2D eigenvalue weighted by molar-refractivity contribution is 6.08. The molecule has 0 saturated heterocycles. The molecule has 0 aliphatic carbocycles. The minimum Gasteiger partial charge on any atom is -0.345 e. The zero-order valence-electron chi connectivity index (χ0n) is 27.5. The van der Waals surface area contributed by atoms with Crippen molar-refractivity contribution in [2.45, 2.75) is 108 Å². The van der Waals surface area contributed by atoms with Crippen LogP contribution in [0.25, 0.3) is 10.9 Å². The van der Waals surface area contributed by atoms with Crippen molar-refractivity contribution in [3.63, 3.8) is 0 Å². The highest BCUT2D eigenvalue weighted by atomic mass is 16.1. The summed E-state index contributed by atoms with van der Waals surface area (Å²) in [5, 5.41) is 12.5. The number of nitrogens with zero attached hydrogens (tertiary/aromatic N) is 2. The van der Waals surface area contributed by atoms with Crippen molar-refractivity contribution >= 4 is 16.8 Å². The largest absolute Gasteiger partial charge is 0.345 e. The first kappa shape index (κ1) is 35.4. The molecule has 1 unspecified atom stereocenters. The quantitative estimate of drug-likeness (QED) is 0.211. The number of benzene rings is 2. The number of aromatic nitrogens is 1. The van der Waals surface area contributed by atoms with E-state index in [1.807, 2.05) is 26.8 Å². The molecule has 222 valence electrons. The standard InChI is InChI=1S/C30H40N2O.C5H7N.C2H6/c1-8-11-24-12-10-13-28-29(24)26(19-32(28)18-21(5)9-2)30(33)31-27(14-20(3)4)25-16-22(6)15-23(7)17-25;1-3-5(2)4-6;1-2/h9-10,12-13,15-17,19-20,27H,8,11,14,18H2,1-7H3,(H,31,33);3H,1-2H3;1-2H3/b21-9+;5-3+;. The first-order valence-corrected chi connectivity index (χ1v) is 15.2. The highest BCUT2D eigenvalue weighted by Gasteiger charge is 2.22. The fourth-order valence-electron chi connectivity index (χ4n) is 4.83. The lowest BCUT2D eigenvalue weighted by atomic mass is 9.94. The van der Waals surface area contributed by atoms with Gasteiger partial charge in [0.05, 0.1) is 17.7 Å². The normalized spacial score (nSPS) is 12.2. The van der Waals surface area contributed by atoms with Gasteiger partial charge in [-0.15, -0.1) is 0 Å². The van der Waals surface area contributed by atoms with Gasteiger partial charge in [-0.05, 0) is 77.5 Å². The van der Waals surface area contributed by atoms with Crippen molar-refractivity contribution in [2.24, 2.45) is 5.92 Å².